The molecule has 174 valence electrons. The van der Waals surface area contributed by atoms with E-state index in [0.717, 1.165) is 4.68 Å². The zero-order valence-corrected chi connectivity index (χ0v) is 19.6. The highest BCUT2D eigenvalue weighted by Gasteiger charge is 2.26. The lowest BCUT2D eigenvalue weighted by Gasteiger charge is -2.15. The molecule has 4 aromatic rings. The van der Waals surface area contributed by atoms with Gasteiger partial charge in [0.15, 0.2) is 5.52 Å². The molecule has 12 nitrogen and oxygen atoms in total. The monoisotopic (exact) mass is 472 g/mol. The van der Waals surface area contributed by atoms with Crippen LogP contribution in [0.1, 0.15) is 33.4 Å². The third-order valence-corrected chi connectivity index (χ3v) is 6.19. The summed E-state index contributed by atoms with van der Waals surface area (Å²) in [4.78, 5) is 22.7. The maximum absolute atomic E-state index is 13.0. The Morgan fingerprint density at radius 3 is 2.52 bits per heavy atom. The van der Waals surface area contributed by atoms with Crippen molar-refractivity contribution in [3.05, 3.63) is 46.9 Å². The third kappa shape index (κ3) is 4.18. The summed E-state index contributed by atoms with van der Waals surface area (Å²) in [6, 6.07) is 4.33. The van der Waals surface area contributed by atoms with Crippen molar-refractivity contribution in [2.24, 2.45) is 7.05 Å². The molecular weight excluding hydrogens is 448 g/mol. The Morgan fingerprint density at radius 1 is 1.18 bits per heavy atom. The molecule has 0 saturated heterocycles. The summed E-state index contributed by atoms with van der Waals surface area (Å²) in [6.45, 7) is 8.08. The highest BCUT2D eigenvalue weighted by Crippen LogP contribution is 2.32. The number of rotatable bonds is 6. The van der Waals surface area contributed by atoms with Crippen LogP contribution in [0, 0.1) is 0 Å². The van der Waals surface area contributed by atoms with Gasteiger partial charge >= 0.3 is 0 Å². The Balaban J connectivity index is 1.92. The maximum Gasteiger partial charge on any atom is 0.277 e. The van der Waals surface area contributed by atoms with Gasteiger partial charge in [-0.15, -0.1) is 10.2 Å². The summed E-state index contributed by atoms with van der Waals surface area (Å²) in [6.07, 6.45) is 2.44. The van der Waals surface area contributed by atoms with Gasteiger partial charge in [0, 0.05) is 12.5 Å². The molecule has 3 aromatic heterocycles. The fraction of sp³-hybridized carbons (Fsp3) is 0.350. The van der Waals surface area contributed by atoms with Crippen LogP contribution in [0.15, 0.2) is 40.5 Å². The van der Waals surface area contributed by atoms with Crippen molar-refractivity contribution < 1.29 is 13.2 Å². The summed E-state index contributed by atoms with van der Waals surface area (Å²) >= 11 is 0. The summed E-state index contributed by atoms with van der Waals surface area (Å²) in [5.74, 6) is 0.556. The molecule has 33 heavy (non-hydrogen) atoms. The number of hydrogen-bond acceptors (Lipinski definition) is 8. The lowest BCUT2D eigenvalue weighted by Crippen LogP contribution is -2.22. The normalized spacial score (nSPS) is 12.3. The maximum atomic E-state index is 13.0. The Kier molecular flexibility index (Phi) is 5.44. The number of sulfonamides is 1. The minimum absolute atomic E-state index is 0.0559. The lowest BCUT2D eigenvalue weighted by atomic mass is 9.91. The lowest BCUT2D eigenvalue weighted by molar-refractivity contribution is 0.341. The second kappa shape index (κ2) is 7.99. The molecule has 0 aliphatic heterocycles. The zero-order chi connectivity index (χ0) is 24.0. The minimum atomic E-state index is -3.98. The van der Waals surface area contributed by atoms with Crippen molar-refractivity contribution in [1.82, 2.24) is 34.6 Å². The van der Waals surface area contributed by atoms with Crippen molar-refractivity contribution in [2.75, 3.05) is 11.4 Å². The van der Waals surface area contributed by atoms with Crippen molar-refractivity contribution in [2.45, 2.75) is 38.0 Å². The fourth-order valence-electron chi connectivity index (χ4n) is 3.39. The molecule has 0 aliphatic rings. The Morgan fingerprint density at radius 2 is 1.88 bits per heavy atom. The van der Waals surface area contributed by atoms with Crippen LogP contribution in [0.2, 0.25) is 0 Å². The van der Waals surface area contributed by atoms with E-state index < -0.39 is 10.0 Å². The van der Waals surface area contributed by atoms with Crippen molar-refractivity contribution in [3.8, 4) is 17.1 Å². The quantitative estimate of drug-likeness (QED) is 0.429. The van der Waals surface area contributed by atoms with Crippen LogP contribution in [0.4, 0.5) is 0 Å². The number of hydrogen-bond donors (Lipinski definition) is 2. The molecule has 4 rings (SSSR count). The molecule has 13 heteroatoms. The van der Waals surface area contributed by atoms with Gasteiger partial charge in [0.05, 0.1) is 22.8 Å². The number of H-pyrrole nitrogens is 1. The summed E-state index contributed by atoms with van der Waals surface area (Å²) < 4.78 is 34.1. The average molecular weight is 473 g/mol. The molecular formula is C20H24N8O4S. The van der Waals surface area contributed by atoms with Gasteiger partial charge in [-0.2, -0.15) is 13.5 Å². The van der Waals surface area contributed by atoms with E-state index in [0.29, 0.717) is 34.6 Å². The third-order valence-electron chi connectivity index (χ3n) is 4.86. The summed E-state index contributed by atoms with van der Waals surface area (Å²) in [5, 5.41) is 11.7. The molecule has 1 aromatic carbocycles. The summed E-state index contributed by atoms with van der Waals surface area (Å²) in [7, 11) is -2.30. The zero-order valence-electron chi connectivity index (χ0n) is 18.8. The first-order valence-corrected chi connectivity index (χ1v) is 11.6. The molecule has 3 heterocycles. The van der Waals surface area contributed by atoms with Crippen molar-refractivity contribution >= 4 is 21.1 Å². The van der Waals surface area contributed by atoms with Crippen LogP contribution in [0.5, 0.6) is 5.75 Å². The Labute approximate surface area is 189 Å². The van der Waals surface area contributed by atoms with E-state index in [1.165, 1.54) is 35.5 Å². The molecule has 0 aliphatic carbocycles. The van der Waals surface area contributed by atoms with E-state index in [9.17, 15) is 13.2 Å². The van der Waals surface area contributed by atoms with E-state index in [2.05, 4.69) is 30.1 Å². The van der Waals surface area contributed by atoms with Gasteiger partial charge in [-0.3, -0.25) is 9.48 Å². The SMILES string of the molecule is CCOc1ccc(S(=O)(=O)Nn2cnnc2)cc1-c1nc2c(C(C)(C)C)nn(C)c2c(=O)[nH]1. The average Bonchev–Trinajstić information content (AvgIpc) is 3.35. The number of aryl methyl sites for hydroxylation is 1. The second-order valence-electron chi connectivity index (χ2n) is 8.39. The standard InChI is InChI=1S/C20H24N8O4S/c1-6-32-14-8-7-12(33(30,31)26-28-10-21-22-11-28)9-13(14)18-23-15-16(19(29)24-18)27(5)25-17(15)20(2,3)4/h7-11,26H,6H2,1-5H3,(H,23,24,29). The topological polar surface area (TPSA) is 150 Å². The van der Waals surface area contributed by atoms with E-state index in [-0.39, 0.29) is 21.7 Å². The number of fused-ring (bicyclic) bond motifs is 1. The van der Waals surface area contributed by atoms with Gasteiger partial charge in [0.2, 0.25) is 0 Å². The highest BCUT2D eigenvalue weighted by atomic mass is 32.2. The largest absolute Gasteiger partial charge is 0.493 e. The van der Waals surface area contributed by atoms with Gasteiger partial charge in [-0.25, -0.2) is 14.5 Å². The summed E-state index contributed by atoms with van der Waals surface area (Å²) in [5.41, 5.74) is 1.00. The molecule has 0 atom stereocenters. The number of nitrogens with zero attached hydrogens (tertiary/aromatic N) is 6. The van der Waals surface area contributed by atoms with E-state index in [1.807, 2.05) is 20.8 Å². The highest BCUT2D eigenvalue weighted by molar-refractivity contribution is 7.92. The molecule has 2 N–H and O–H groups in total. The number of ether oxygens (including phenoxy) is 1. The van der Waals surface area contributed by atoms with Gasteiger partial charge in [-0.05, 0) is 25.1 Å². The predicted octanol–water partition coefficient (Wildman–Crippen LogP) is 1.54. The second-order valence-corrected chi connectivity index (χ2v) is 10.0. The predicted molar refractivity (Wildman–Crippen MR) is 121 cm³/mol. The van der Waals surface area contributed by atoms with Gasteiger partial charge in [0.25, 0.3) is 15.6 Å². The first-order chi connectivity index (χ1) is 15.5. The van der Waals surface area contributed by atoms with Crippen LogP contribution >= 0.6 is 0 Å². The molecule has 0 saturated carbocycles. The van der Waals surface area contributed by atoms with E-state index >= 15 is 0 Å². The smallest absolute Gasteiger partial charge is 0.277 e. The van der Waals surface area contributed by atoms with Gasteiger partial charge < -0.3 is 9.72 Å². The van der Waals surface area contributed by atoms with Crippen LogP contribution in [-0.4, -0.2) is 49.6 Å². The molecule has 0 amide bonds. The Hall–Kier alpha value is -3.74. The van der Waals surface area contributed by atoms with Crippen LogP contribution < -0.4 is 15.1 Å². The molecule has 0 unspecified atom stereocenters. The molecule has 0 bridgehead atoms. The number of nitrogens with one attached hydrogen (secondary N) is 2. The molecule has 0 radical (unpaired) electrons. The fourth-order valence-corrected chi connectivity index (χ4v) is 4.39. The number of aromatic amines is 1. The van der Waals surface area contributed by atoms with Crippen LogP contribution in [0.25, 0.3) is 22.4 Å². The first kappa shape index (κ1) is 22.5. The van der Waals surface area contributed by atoms with Crippen molar-refractivity contribution in [3.63, 3.8) is 0 Å². The Bertz CT molecular complexity index is 1480. The number of benzene rings is 1. The molecule has 0 spiro atoms. The van der Waals surface area contributed by atoms with E-state index in [4.69, 9.17) is 4.74 Å². The number of aromatic nitrogens is 7. The minimum Gasteiger partial charge on any atom is -0.493 e. The first-order valence-electron chi connectivity index (χ1n) is 10.1. The van der Waals surface area contributed by atoms with Crippen LogP contribution in [-0.2, 0) is 22.5 Å². The van der Waals surface area contributed by atoms with E-state index in [1.54, 1.807) is 14.0 Å². The molecule has 0 fully saturated rings. The van der Waals surface area contributed by atoms with Crippen LogP contribution in [0.3, 0.4) is 0 Å². The van der Waals surface area contributed by atoms with Gasteiger partial charge in [0.1, 0.15) is 29.7 Å². The van der Waals surface area contributed by atoms with Crippen molar-refractivity contribution in [1.29, 1.82) is 0 Å². The van der Waals surface area contributed by atoms with Gasteiger partial charge in [-0.1, -0.05) is 20.8 Å².